The first kappa shape index (κ1) is 15.2. The van der Waals surface area contributed by atoms with Crippen molar-refractivity contribution in [1.82, 2.24) is 0 Å². The molecule has 0 aliphatic heterocycles. The Morgan fingerprint density at radius 3 is 2.57 bits per heavy atom. The van der Waals surface area contributed by atoms with Gasteiger partial charge in [-0.25, -0.2) is 0 Å². The van der Waals surface area contributed by atoms with Crippen LogP contribution in [0.5, 0.6) is 0 Å². The number of carbonyl (C=O) groups excluding carboxylic acids is 1. The highest BCUT2D eigenvalue weighted by Gasteiger charge is 2.41. The number of Topliss-reactive ketones (excluding diaryl/α,β-unsaturated/α-hetero) is 1. The van der Waals surface area contributed by atoms with Gasteiger partial charge in [-0.05, 0) is 30.6 Å². The van der Waals surface area contributed by atoms with Gasteiger partial charge in [-0.1, -0.05) is 49.8 Å². The van der Waals surface area contributed by atoms with Gasteiger partial charge < -0.3 is 5.73 Å². The number of hydrogen-bond acceptors (Lipinski definition) is 3. The average Bonchev–Trinajstić information content (AvgIpc) is 3.03. The van der Waals surface area contributed by atoms with Gasteiger partial charge >= 0.3 is 0 Å². The van der Waals surface area contributed by atoms with Crippen LogP contribution in [0, 0.1) is 0 Å². The molecule has 3 heteroatoms. The number of rotatable bonds is 6. The van der Waals surface area contributed by atoms with E-state index < -0.39 is 0 Å². The van der Waals surface area contributed by atoms with Crippen molar-refractivity contribution in [2.45, 2.75) is 31.1 Å². The van der Waals surface area contributed by atoms with Crippen LogP contribution in [-0.4, -0.2) is 18.5 Å². The highest BCUT2D eigenvalue weighted by Crippen LogP contribution is 2.41. The second-order valence-corrected chi connectivity index (χ2v) is 5.44. The van der Waals surface area contributed by atoms with Crippen molar-refractivity contribution in [3.05, 3.63) is 60.3 Å². The van der Waals surface area contributed by atoms with Crippen LogP contribution in [-0.2, 0) is 10.2 Å². The van der Waals surface area contributed by atoms with E-state index in [1.807, 2.05) is 18.2 Å². The summed E-state index contributed by atoms with van der Waals surface area (Å²) in [7, 11) is 0. The number of nitrogens with two attached hydrogens (primary N) is 1. The molecule has 2 rings (SSSR count). The van der Waals surface area contributed by atoms with Crippen molar-refractivity contribution in [1.29, 1.82) is 0 Å². The van der Waals surface area contributed by atoms with Gasteiger partial charge in [0.05, 0.1) is 12.0 Å². The molecule has 1 fully saturated rings. The summed E-state index contributed by atoms with van der Waals surface area (Å²) in [6, 6.07) is 10.1. The van der Waals surface area contributed by atoms with Crippen molar-refractivity contribution in [3.8, 4) is 0 Å². The lowest BCUT2D eigenvalue weighted by atomic mass is 9.75. The lowest BCUT2D eigenvalue weighted by Gasteiger charge is -2.27. The summed E-state index contributed by atoms with van der Waals surface area (Å²) < 4.78 is 0. The smallest absolute Gasteiger partial charge is 0.164 e. The van der Waals surface area contributed by atoms with Crippen LogP contribution in [0.25, 0.3) is 0 Å². The number of carbonyl (C=O) groups is 1. The molecule has 0 radical (unpaired) electrons. The molecule has 1 aromatic carbocycles. The maximum Gasteiger partial charge on any atom is 0.164 e. The van der Waals surface area contributed by atoms with Gasteiger partial charge in [0.15, 0.2) is 5.78 Å². The number of nitrogens with zero attached hydrogens (tertiary/aromatic N) is 1. The Morgan fingerprint density at radius 2 is 1.95 bits per heavy atom. The minimum Gasteiger partial charge on any atom is -0.399 e. The van der Waals surface area contributed by atoms with Crippen molar-refractivity contribution in [3.63, 3.8) is 0 Å². The molecule has 1 aromatic rings. The van der Waals surface area contributed by atoms with Gasteiger partial charge in [0.1, 0.15) is 0 Å². The van der Waals surface area contributed by atoms with Crippen LogP contribution in [0.15, 0.2) is 59.8 Å². The minimum absolute atomic E-state index is 0.202. The van der Waals surface area contributed by atoms with Crippen LogP contribution >= 0.6 is 0 Å². The fourth-order valence-electron chi connectivity index (χ4n) is 2.96. The van der Waals surface area contributed by atoms with E-state index in [9.17, 15) is 4.79 Å². The molecule has 110 valence electrons. The first-order chi connectivity index (χ1) is 10.2. The third-order valence-corrected chi connectivity index (χ3v) is 4.16. The summed E-state index contributed by atoms with van der Waals surface area (Å²) in [6.07, 6.45) is 8.86. The maximum atomic E-state index is 12.7. The van der Waals surface area contributed by atoms with Crippen LogP contribution in [0.2, 0.25) is 0 Å². The largest absolute Gasteiger partial charge is 0.399 e. The summed E-state index contributed by atoms with van der Waals surface area (Å²) in [5.74, 6) is 0.202. The highest BCUT2D eigenvalue weighted by atomic mass is 16.1. The summed E-state index contributed by atoms with van der Waals surface area (Å²) >= 11 is 0. The number of allylic oxidation sites excluding steroid dienone is 2. The summed E-state index contributed by atoms with van der Waals surface area (Å²) in [4.78, 5) is 16.9. The first-order valence-electron chi connectivity index (χ1n) is 7.36. The van der Waals surface area contributed by atoms with Gasteiger partial charge in [0, 0.05) is 11.9 Å². The van der Waals surface area contributed by atoms with Gasteiger partial charge in [-0.3, -0.25) is 9.79 Å². The molecule has 21 heavy (non-hydrogen) atoms. The Balaban J connectivity index is 2.12. The molecule has 1 saturated carbocycles. The first-order valence-corrected chi connectivity index (χ1v) is 7.36. The molecule has 2 N–H and O–H groups in total. The van der Waals surface area contributed by atoms with Crippen LogP contribution in [0.4, 0.5) is 0 Å². The summed E-state index contributed by atoms with van der Waals surface area (Å²) in [5, 5.41) is 0. The van der Waals surface area contributed by atoms with E-state index in [0.717, 1.165) is 31.2 Å². The second kappa shape index (κ2) is 7.02. The number of hydrogen-bond donors (Lipinski definition) is 1. The molecular formula is C18H22N2O. The van der Waals surface area contributed by atoms with Crippen molar-refractivity contribution in [2.75, 3.05) is 6.54 Å². The van der Waals surface area contributed by atoms with Crippen LogP contribution in [0.1, 0.15) is 31.2 Å². The van der Waals surface area contributed by atoms with Crippen molar-refractivity contribution in [2.24, 2.45) is 10.7 Å². The molecule has 0 spiro atoms. The molecule has 1 aliphatic rings. The molecule has 0 bridgehead atoms. The highest BCUT2D eigenvalue weighted by molar-refractivity contribution is 5.93. The minimum atomic E-state index is -0.341. The van der Waals surface area contributed by atoms with E-state index >= 15 is 0 Å². The van der Waals surface area contributed by atoms with Crippen LogP contribution in [0.3, 0.4) is 0 Å². The van der Waals surface area contributed by atoms with E-state index in [1.165, 1.54) is 0 Å². The fourth-order valence-corrected chi connectivity index (χ4v) is 2.96. The zero-order chi connectivity index (χ0) is 15.1. The Hall–Kier alpha value is -2.16. The van der Waals surface area contributed by atoms with E-state index in [1.54, 1.807) is 18.4 Å². The van der Waals surface area contributed by atoms with E-state index in [4.69, 9.17) is 5.73 Å². The number of aliphatic imine (C=N–C) groups is 1. The molecule has 1 aliphatic carbocycles. The Morgan fingerprint density at radius 1 is 1.29 bits per heavy atom. The molecule has 0 unspecified atom stereocenters. The van der Waals surface area contributed by atoms with E-state index in [-0.39, 0.29) is 17.7 Å². The molecule has 0 aromatic heterocycles. The predicted molar refractivity (Wildman–Crippen MR) is 87.4 cm³/mol. The third kappa shape index (κ3) is 3.48. The second-order valence-electron chi connectivity index (χ2n) is 5.44. The van der Waals surface area contributed by atoms with Crippen molar-refractivity contribution >= 4 is 12.0 Å². The zero-order valence-electron chi connectivity index (χ0n) is 12.3. The number of ketones is 1. The van der Waals surface area contributed by atoms with E-state index in [0.29, 0.717) is 5.70 Å². The Bertz CT molecular complexity index is 552. The van der Waals surface area contributed by atoms with Gasteiger partial charge in [0.2, 0.25) is 0 Å². The van der Waals surface area contributed by atoms with E-state index in [2.05, 4.69) is 23.7 Å². The molecule has 3 nitrogen and oxygen atoms in total. The van der Waals surface area contributed by atoms with Gasteiger partial charge in [-0.15, -0.1) is 0 Å². The fraction of sp³-hybridized carbons (Fsp3) is 0.333. The van der Waals surface area contributed by atoms with Crippen LogP contribution < -0.4 is 5.73 Å². The lowest BCUT2D eigenvalue weighted by molar-refractivity contribution is -0.123. The van der Waals surface area contributed by atoms with Gasteiger partial charge in [0.25, 0.3) is 0 Å². The van der Waals surface area contributed by atoms with Crippen molar-refractivity contribution < 1.29 is 4.79 Å². The van der Waals surface area contributed by atoms with Gasteiger partial charge in [-0.2, -0.15) is 0 Å². The predicted octanol–water partition coefficient (Wildman–Crippen LogP) is 3.17. The summed E-state index contributed by atoms with van der Waals surface area (Å²) in [5.41, 5.74) is 6.93. The average molecular weight is 282 g/mol. The SMILES string of the molecule is C=C/C(N)=C\C=NCC(=O)C1(c2ccccc2)CCCC1. The molecule has 0 heterocycles. The summed E-state index contributed by atoms with van der Waals surface area (Å²) in [6.45, 7) is 3.77. The zero-order valence-corrected chi connectivity index (χ0v) is 12.3. The molecular weight excluding hydrogens is 260 g/mol. The molecule has 0 atom stereocenters. The normalized spacial score (nSPS) is 18.0. The lowest BCUT2D eigenvalue weighted by Crippen LogP contribution is -2.34. The number of benzene rings is 1. The quantitative estimate of drug-likeness (QED) is 0.643. The maximum absolute atomic E-state index is 12.7. The third-order valence-electron chi connectivity index (χ3n) is 4.16. The topological polar surface area (TPSA) is 55.4 Å². The Kier molecular flexibility index (Phi) is 5.09. The monoisotopic (exact) mass is 282 g/mol. The standard InChI is InChI=1S/C18H22N2O/c1-2-16(19)10-13-20-14-17(21)18(11-6-7-12-18)15-8-4-3-5-9-15/h2-5,8-10,13H,1,6-7,11-12,14,19H2/b16-10+,20-13?. The molecule has 0 amide bonds. The Labute approximate surface area is 126 Å². The molecule has 0 saturated heterocycles.